The number of hydrogen-bond donors (Lipinski definition) is 1. The number of piperidine rings is 1. The Labute approximate surface area is 263 Å². The number of carbonyl (C=O) groups is 2. The van der Waals surface area contributed by atoms with Crippen molar-refractivity contribution < 1.29 is 23.8 Å². The first kappa shape index (κ1) is 31.8. The van der Waals surface area contributed by atoms with Gasteiger partial charge >= 0.3 is 6.09 Å². The van der Waals surface area contributed by atoms with Gasteiger partial charge in [-0.15, -0.1) is 10.2 Å². The Morgan fingerprint density at radius 3 is 2.32 bits per heavy atom. The summed E-state index contributed by atoms with van der Waals surface area (Å²) in [6.07, 6.45) is 5.64. The molecule has 12 heteroatoms. The van der Waals surface area contributed by atoms with Crippen molar-refractivity contribution in [2.75, 3.05) is 31.1 Å². The van der Waals surface area contributed by atoms with Crippen LogP contribution in [0, 0.1) is 11.3 Å². The van der Waals surface area contributed by atoms with E-state index in [1.54, 1.807) is 29.2 Å². The van der Waals surface area contributed by atoms with Crippen LogP contribution in [0.3, 0.4) is 0 Å². The number of carbonyl (C=O) groups excluding carboxylic acids is 2. The Bertz CT molecular complexity index is 1340. The van der Waals surface area contributed by atoms with Gasteiger partial charge in [0.1, 0.15) is 17.4 Å². The minimum Gasteiger partial charge on any atom is -0.490 e. The predicted molar refractivity (Wildman–Crippen MR) is 165 cm³/mol. The summed E-state index contributed by atoms with van der Waals surface area (Å²) in [7, 11) is 0. The van der Waals surface area contributed by atoms with Crippen molar-refractivity contribution >= 4 is 29.4 Å². The van der Waals surface area contributed by atoms with Crippen LogP contribution < -0.4 is 15.0 Å². The van der Waals surface area contributed by atoms with E-state index in [4.69, 9.17) is 31.1 Å². The summed E-state index contributed by atoms with van der Waals surface area (Å²) in [5, 5.41) is 21.1. The van der Waals surface area contributed by atoms with Gasteiger partial charge in [0.15, 0.2) is 11.5 Å². The Balaban J connectivity index is 1.01. The smallest absolute Gasteiger partial charge is 0.410 e. The topological polar surface area (TPSA) is 130 Å². The van der Waals surface area contributed by atoms with E-state index >= 15 is 0 Å². The molecule has 11 nitrogen and oxygen atoms in total. The molecular weight excluding hydrogens is 584 g/mol. The third-order valence-electron chi connectivity index (χ3n) is 8.20. The number of anilines is 1. The standard InChI is InChI=1S/C32H41ClN6O5/c1-32(2,3)44-31(41)39-17-14-26(20-39)43-24-12-15-38(16-13-24)29-11-10-28(36-37-29)30(40)35-22-5-8-23(9-6-22)42-25-7-4-21(19-34)27(33)18-25/h4,7,10-11,18,22-24,26H,5-6,8-9,12-17,20H2,1-3H3,(H,35,40)/t22?,23?,26-/m0/s1. The second kappa shape index (κ2) is 14.0. The summed E-state index contributed by atoms with van der Waals surface area (Å²) in [5.41, 5.74) is 0.217. The number of amides is 2. The maximum atomic E-state index is 12.9. The zero-order chi connectivity index (χ0) is 31.3. The zero-order valence-electron chi connectivity index (χ0n) is 25.6. The molecule has 0 spiro atoms. The lowest BCUT2D eigenvalue weighted by molar-refractivity contribution is -0.0209. The van der Waals surface area contributed by atoms with Crippen LogP contribution in [0.25, 0.3) is 0 Å². The number of aromatic nitrogens is 2. The molecule has 236 valence electrons. The van der Waals surface area contributed by atoms with Crippen LogP contribution in [0.1, 0.15) is 81.8 Å². The van der Waals surface area contributed by atoms with E-state index < -0.39 is 5.60 Å². The van der Waals surface area contributed by atoms with Crippen LogP contribution in [0.2, 0.25) is 5.02 Å². The molecule has 3 heterocycles. The van der Waals surface area contributed by atoms with Crippen LogP contribution in [-0.4, -0.2) is 83.2 Å². The molecule has 0 unspecified atom stereocenters. The molecule has 44 heavy (non-hydrogen) atoms. The predicted octanol–water partition coefficient (Wildman–Crippen LogP) is 5.12. The first-order valence-corrected chi connectivity index (χ1v) is 15.8. The van der Waals surface area contributed by atoms with E-state index in [-0.39, 0.29) is 36.4 Å². The number of nitrogens with one attached hydrogen (secondary N) is 1. The fraction of sp³-hybridized carbons (Fsp3) is 0.594. The fourth-order valence-electron chi connectivity index (χ4n) is 5.88. The number of nitriles is 1. The molecule has 2 saturated heterocycles. The summed E-state index contributed by atoms with van der Waals surface area (Å²) in [6.45, 7) is 8.40. The van der Waals surface area contributed by atoms with Gasteiger partial charge in [-0.3, -0.25) is 4.79 Å². The molecule has 5 rings (SSSR count). The van der Waals surface area contributed by atoms with Gasteiger partial charge in [0, 0.05) is 31.7 Å². The van der Waals surface area contributed by atoms with E-state index in [0.29, 0.717) is 35.1 Å². The summed E-state index contributed by atoms with van der Waals surface area (Å²) >= 11 is 6.12. The van der Waals surface area contributed by atoms with Crippen molar-refractivity contribution in [3.63, 3.8) is 0 Å². The SMILES string of the molecule is CC(C)(C)OC(=O)N1CC[C@H](OC2CCN(c3ccc(C(=O)NC4CCC(Oc5ccc(C#N)c(Cl)c5)CC4)nn3)CC2)C1. The molecule has 3 fully saturated rings. The summed E-state index contributed by atoms with van der Waals surface area (Å²) < 4.78 is 17.9. The number of hydrogen-bond acceptors (Lipinski definition) is 9. The van der Waals surface area contributed by atoms with E-state index in [1.807, 2.05) is 32.9 Å². The number of benzene rings is 1. The van der Waals surface area contributed by atoms with Crippen molar-refractivity contribution in [2.45, 2.75) is 95.7 Å². The monoisotopic (exact) mass is 624 g/mol. The minimum atomic E-state index is -0.505. The molecule has 1 aliphatic carbocycles. The highest BCUT2D eigenvalue weighted by molar-refractivity contribution is 6.31. The lowest BCUT2D eigenvalue weighted by Crippen LogP contribution is -2.41. The van der Waals surface area contributed by atoms with Crippen LogP contribution in [0.4, 0.5) is 10.6 Å². The molecule has 1 saturated carbocycles. The van der Waals surface area contributed by atoms with Gasteiger partial charge < -0.3 is 29.3 Å². The van der Waals surface area contributed by atoms with Gasteiger partial charge in [0.05, 0.1) is 35.4 Å². The molecule has 3 aliphatic rings. The quantitative estimate of drug-likeness (QED) is 0.446. The normalized spacial score (nSPS) is 22.8. The molecule has 2 amide bonds. The fourth-order valence-corrected chi connectivity index (χ4v) is 6.09. The third-order valence-corrected chi connectivity index (χ3v) is 8.52. The first-order chi connectivity index (χ1) is 21.1. The number of nitrogens with zero attached hydrogens (tertiary/aromatic N) is 5. The van der Waals surface area contributed by atoms with Crippen LogP contribution in [0.15, 0.2) is 30.3 Å². The van der Waals surface area contributed by atoms with Crippen molar-refractivity contribution in [1.29, 1.82) is 5.26 Å². The number of ether oxygens (including phenoxy) is 3. The van der Waals surface area contributed by atoms with Gasteiger partial charge in [-0.05, 0) is 90.0 Å². The van der Waals surface area contributed by atoms with E-state index in [9.17, 15) is 9.59 Å². The minimum absolute atomic E-state index is 0.0286. The molecule has 0 bridgehead atoms. The van der Waals surface area contributed by atoms with Crippen molar-refractivity contribution in [3.8, 4) is 11.8 Å². The second-order valence-electron chi connectivity index (χ2n) is 12.8. The summed E-state index contributed by atoms with van der Waals surface area (Å²) in [5.74, 6) is 1.17. The highest BCUT2D eigenvalue weighted by Gasteiger charge is 2.33. The lowest BCUT2D eigenvalue weighted by atomic mass is 9.93. The second-order valence-corrected chi connectivity index (χ2v) is 13.2. The Morgan fingerprint density at radius 1 is 0.955 bits per heavy atom. The molecule has 2 aromatic rings. The largest absolute Gasteiger partial charge is 0.490 e. The van der Waals surface area contributed by atoms with Gasteiger partial charge in [0.25, 0.3) is 5.91 Å². The maximum Gasteiger partial charge on any atom is 0.410 e. The number of halogens is 1. The van der Waals surface area contributed by atoms with E-state index in [1.165, 1.54) is 0 Å². The van der Waals surface area contributed by atoms with Crippen LogP contribution in [0.5, 0.6) is 5.75 Å². The van der Waals surface area contributed by atoms with Crippen LogP contribution >= 0.6 is 11.6 Å². The number of likely N-dealkylation sites (tertiary alicyclic amines) is 1. The Hall–Kier alpha value is -3.62. The summed E-state index contributed by atoms with van der Waals surface area (Å²) in [6, 6.07) is 10.8. The Kier molecular flexibility index (Phi) is 10.1. The lowest BCUT2D eigenvalue weighted by Gasteiger charge is -2.33. The Morgan fingerprint density at radius 2 is 1.68 bits per heavy atom. The van der Waals surface area contributed by atoms with Crippen molar-refractivity contribution in [2.24, 2.45) is 0 Å². The average molecular weight is 625 g/mol. The van der Waals surface area contributed by atoms with E-state index in [0.717, 1.165) is 63.9 Å². The number of rotatable bonds is 7. The molecular formula is C32H41ClN6O5. The summed E-state index contributed by atoms with van der Waals surface area (Å²) in [4.78, 5) is 29.1. The molecule has 1 aromatic heterocycles. The van der Waals surface area contributed by atoms with Gasteiger partial charge in [-0.1, -0.05) is 11.6 Å². The maximum absolute atomic E-state index is 12.9. The molecule has 2 aliphatic heterocycles. The molecule has 1 atom stereocenters. The highest BCUT2D eigenvalue weighted by Crippen LogP contribution is 2.28. The van der Waals surface area contributed by atoms with Crippen LogP contribution in [-0.2, 0) is 9.47 Å². The molecule has 1 aromatic carbocycles. The molecule has 1 N–H and O–H groups in total. The zero-order valence-corrected chi connectivity index (χ0v) is 26.4. The third kappa shape index (κ3) is 8.51. The van der Waals surface area contributed by atoms with Gasteiger partial charge in [0.2, 0.25) is 0 Å². The van der Waals surface area contributed by atoms with E-state index in [2.05, 4.69) is 20.4 Å². The average Bonchev–Trinajstić information content (AvgIpc) is 3.47. The van der Waals surface area contributed by atoms with Gasteiger partial charge in [-0.2, -0.15) is 5.26 Å². The van der Waals surface area contributed by atoms with Gasteiger partial charge in [-0.25, -0.2) is 4.79 Å². The highest BCUT2D eigenvalue weighted by atomic mass is 35.5. The van der Waals surface area contributed by atoms with Crippen molar-refractivity contribution in [1.82, 2.24) is 20.4 Å². The molecule has 0 radical (unpaired) electrons. The first-order valence-electron chi connectivity index (χ1n) is 15.5. The van der Waals surface area contributed by atoms with Crippen molar-refractivity contribution in [3.05, 3.63) is 46.6 Å².